The fourth-order valence-electron chi connectivity index (χ4n) is 11.4. The van der Waals surface area contributed by atoms with Gasteiger partial charge in [-0.05, 0) is 140 Å². The third-order valence-corrected chi connectivity index (χ3v) is 13.8. The summed E-state index contributed by atoms with van der Waals surface area (Å²) >= 11 is 0. The van der Waals surface area contributed by atoms with Crippen molar-refractivity contribution < 1.29 is 4.42 Å². The molecule has 0 aliphatic heterocycles. The maximum atomic E-state index is 6.26. The summed E-state index contributed by atoms with van der Waals surface area (Å²) in [6.45, 7) is 0. The molecule has 0 saturated heterocycles. The first-order valence-corrected chi connectivity index (χ1v) is 20.9. The maximum Gasteiger partial charge on any atom is 0.135 e. The highest BCUT2D eigenvalue weighted by atomic mass is 16.3. The van der Waals surface area contributed by atoms with E-state index in [0.717, 1.165) is 21.9 Å². The summed E-state index contributed by atoms with van der Waals surface area (Å²) in [4.78, 5) is 0. The lowest BCUT2D eigenvalue weighted by Crippen LogP contribution is -2.26. The van der Waals surface area contributed by atoms with E-state index in [4.69, 9.17) is 4.42 Å². The lowest BCUT2D eigenvalue weighted by Gasteiger charge is -2.32. The smallest absolute Gasteiger partial charge is 0.135 e. The number of furan rings is 1. The van der Waals surface area contributed by atoms with Crippen molar-refractivity contribution in [3.63, 3.8) is 0 Å². The summed E-state index contributed by atoms with van der Waals surface area (Å²) in [6, 6.07) is 77.1. The van der Waals surface area contributed by atoms with Crippen molar-refractivity contribution in [3.8, 4) is 44.5 Å². The molecule has 1 aromatic heterocycles. The maximum absolute atomic E-state index is 6.26. The molecule has 12 aromatic rings. The second-order valence-electron chi connectivity index (χ2n) is 16.7. The van der Waals surface area contributed by atoms with Crippen molar-refractivity contribution >= 4 is 65.0 Å². The molecule has 0 bridgehead atoms. The van der Waals surface area contributed by atoms with E-state index in [0.29, 0.717) is 0 Å². The molecule has 1 heterocycles. The number of hydrogen-bond donors (Lipinski definition) is 0. The monoisotopic (exact) mass is 758 g/mol. The number of rotatable bonds is 2. The van der Waals surface area contributed by atoms with Crippen LogP contribution in [0.25, 0.3) is 110 Å². The van der Waals surface area contributed by atoms with Gasteiger partial charge in [-0.3, -0.25) is 0 Å². The summed E-state index contributed by atoms with van der Waals surface area (Å²) in [7, 11) is 0. The van der Waals surface area contributed by atoms with Crippen LogP contribution in [0.5, 0.6) is 0 Å². The summed E-state index contributed by atoms with van der Waals surface area (Å²) in [5.41, 5.74) is 16.9. The number of para-hydroxylation sites is 1. The van der Waals surface area contributed by atoms with E-state index in [1.54, 1.807) is 0 Å². The molecule has 0 atom stereocenters. The van der Waals surface area contributed by atoms with Gasteiger partial charge in [0.25, 0.3) is 0 Å². The molecule has 1 nitrogen and oxygen atoms in total. The van der Waals surface area contributed by atoms with Gasteiger partial charge in [0.1, 0.15) is 11.2 Å². The van der Waals surface area contributed by atoms with Crippen molar-refractivity contribution in [2.24, 2.45) is 0 Å². The molecule has 0 saturated carbocycles. The van der Waals surface area contributed by atoms with Crippen LogP contribution in [0.15, 0.2) is 211 Å². The third kappa shape index (κ3) is 4.06. The Morgan fingerprint density at radius 2 is 0.900 bits per heavy atom. The van der Waals surface area contributed by atoms with Crippen molar-refractivity contribution in [2.75, 3.05) is 0 Å². The second-order valence-corrected chi connectivity index (χ2v) is 16.7. The van der Waals surface area contributed by atoms with E-state index < -0.39 is 5.41 Å². The highest BCUT2D eigenvalue weighted by Gasteiger charge is 2.52. The van der Waals surface area contributed by atoms with E-state index in [1.165, 1.54) is 110 Å². The van der Waals surface area contributed by atoms with Gasteiger partial charge in [0.15, 0.2) is 0 Å². The first-order valence-electron chi connectivity index (χ1n) is 20.9. The van der Waals surface area contributed by atoms with Gasteiger partial charge in [-0.1, -0.05) is 176 Å². The fraction of sp³-hybridized carbons (Fsp3) is 0.0169. The van der Waals surface area contributed by atoms with Crippen LogP contribution in [0.2, 0.25) is 0 Å². The van der Waals surface area contributed by atoms with Gasteiger partial charge >= 0.3 is 0 Å². The van der Waals surface area contributed by atoms with E-state index >= 15 is 0 Å². The van der Waals surface area contributed by atoms with Crippen molar-refractivity contribution in [3.05, 3.63) is 229 Å². The van der Waals surface area contributed by atoms with Crippen LogP contribution >= 0.6 is 0 Å². The Morgan fingerprint density at radius 1 is 0.283 bits per heavy atom. The summed E-state index contributed by atoms with van der Waals surface area (Å²) in [5, 5.41) is 12.5. The van der Waals surface area contributed by atoms with Crippen molar-refractivity contribution in [1.82, 2.24) is 0 Å². The molecule has 14 rings (SSSR count). The van der Waals surface area contributed by atoms with Gasteiger partial charge < -0.3 is 4.42 Å². The molecule has 1 heteroatoms. The third-order valence-electron chi connectivity index (χ3n) is 13.8. The Morgan fingerprint density at radius 3 is 1.75 bits per heavy atom. The van der Waals surface area contributed by atoms with E-state index in [1.807, 2.05) is 6.07 Å². The SMILES string of the molecule is c1ccc2c(c1)-c1ccccc1C21c2cc(-c3c4ccccc4cc4c3ccc3ccccc34)ccc2-c2ccc3c(-c4ccc5oc6ccccc6c5c4)cccc3c21. The number of fused-ring (bicyclic) bond motifs is 19. The molecule has 11 aromatic carbocycles. The Hall–Kier alpha value is -7.74. The minimum Gasteiger partial charge on any atom is -0.456 e. The lowest BCUT2D eigenvalue weighted by molar-refractivity contribution is 0.669. The quantitative estimate of drug-likeness (QED) is 0.126. The minimum atomic E-state index is -0.524. The molecule has 60 heavy (non-hydrogen) atoms. The molecule has 0 amide bonds. The predicted molar refractivity (Wildman–Crippen MR) is 251 cm³/mol. The van der Waals surface area contributed by atoms with Crippen LogP contribution in [0.3, 0.4) is 0 Å². The topological polar surface area (TPSA) is 13.1 Å². The Labute approximate surface area is 346 Å². The highest BCUT2D eigenvalue weighted by Crippen LogP contribution is 2.65. The van der Waals surface area contributed by atoms with Crippen LogP contribution < -0.4 is 0 Å². The van der Waals surface area contributed by atoms with Gasteiger partial charge in [-0.15, -0.1) is 0 Å². The van der Waals surface area contributed by atoms with Crippen LogP contribution in [-0.2, 0) is 5.41 Å². The van der Waals surface area contributed by atoms with Crippen molar-refractivity contribution in [1.29, 1.82) is 0 Å². The molecule has 1 spiro atoms. The van der Waals surface area contributed by atoms with Crippen LogP contribution in [0.1, 0.15) is 22.3 Å². The zero-order chi connectivity index (χ0) is 39.1. The number of benzene rings is 11. The standard InChI is InChI=1S/C59H34O/c1-3-14-39-35(12-1)24-28-47-50(39)32-36-13-2-4-15-41(36)57(47)38-25-27-45-49-30-29-42-40(37-26-31-56-51(33-37)46-18-7-10-23-55(46)60-56)19-11-20-48(42)58(49)59(54(45)34-38)52-21-8-5-16-43(52)44-17-6-9-22-53(44)59/h1-34H. The predicted octanol–water partition coefficient (Wildman–Crippen LogP) is 15.9. The Kier molecular flexibility index (Phi) is 6.28. The van der Waals surface area contributed by atoms with Crippen LogP contribution in [-0.4, -0.2) is 0 Å². The van der Waals surface area contributed by atoms with E-state index in [-0.39, 0.29) is 0 Å². The average Bonchev–Trinajstić information content (AvgIpc) is 3.94. The van der Waals surface area contributed by atoms with Gasteiger partial charge in [-0.25, -0.2) is 0 Å². The fourth-order valence-corrected chi connectivity index (χ4v) is 11.4. The summed E-state index contributed by atoms with van der Waals surface area (Å²) < 4.78 is 6.26. The number of hydrogen-bond acceptors (Lipinski definition) is 1. The van der Waals surface area contributed by atoms with Crippen molar-refractivity contribution in [2.45, 2.75) is 5.41 Å². The summed E-state index contributed by atoms with van der Waals surface area (Å²) in [6.07, 6.45) is 0. The van der Waals surface area contributed by atoms with E-state index in [9.17, 15) is 0 Å². The lowest BCUT2D eigenvalue weighted by atomic mass is 9.69. The molecule has 276 valence electrons. The van der Waals surface area contributed by atoms with Crippen LogP contribution in [0.4, 0.5) is 0 Å². The second kappa shape index (κ2) is 11.7. The van der Waals surface area contributed by atoms with E-state index in [2.05, 4.69) is 200 Å². The molecule has 2 aliphatic carbocycles. The van der Waals surface area contributed by atoms with Gasteiger partial charge in [0.2, 0.25) is 0 Å². The Bertz CT molecular complexity index is 3800. The molecular weight excluding hydrogens is 725 g/mol. The largest absolute Gasteiger partial charge is 0.456 e. The molecule has 2 aliphatic rings. The molecular formula is C59H34O. The first-order chi connectivity index (χ1) is 29.8. The molecule has 0 N–H and O–H groups in total. The molecule has 0 unspecified atom stereocenters. The molecule has 0 radical (unpaired) electrons. The first kappa shape index (κ1) is 32.2. The average molecular weight is 759 g/mol. The zero-order valence-corrected chi connectivity index (χ0v) is 32.5. The highest BCUT2D eigenvalue weighted by molar-refractivity contribution is 6.20. The minimum absolute atomic E-state index is 0.524. The normalized spacial score (nSPS) is 13.5. The van der Waals surface area contributed by atoms with Gasteiger partial charge in [-0.2, -0.15) is 0 Å². The van der Waals surface area contributed by atoms with Crippen LogP contribution in [0, 0.1) is 0 Å². The molecule has 0 fully saturated rings. The zero-order valence-electron chi connectivity index (χ0n) is 32.5. The van der Waals surface area contributed by atoms with Gasteiger partial charge in [0, 0.05) is 10.8 Å². The Balaban J connectivity index is 1.08. The van der Waals surface area contributed by atoms with Gasteiger partial charge in [0.05, 0.1) is 5.41 Å². The summed E-state index contributed by atoms with van der Waals surface area (Å²) in [5.74, 6) is 0.